The first-order chi connectivity index (χ1) is 16.1. The molecule has 180 valence electrons. The quantitative estimate of drug-likeness (QED) is 0.528. The molecule has 2 fully saturated rings. The van der Waals surface area contributed by atoms with E-state index in [-0.39, 0.29) is 29.2 Å². The van der Waals surface area contributed by atoms with Crippen molar-refractivity contribution in [1.82, 2.24) is 29.7 Å². The van der Waals surface area contributed by atoms with Crippen LogP contribution in [0.2, 0.25) is 0 Å². The van der Waals surface area contributed by atoms with Crippen molar-refractivity contribution < 1.29 is 26.7 Å². The van der Waals surface area contributed by atoms with Gasteiger partial charge in [-0.05, 0) is 12.8 Å². The van der Waals surface area contributed by atoms with E-state index >= 15 is 0 Å². The molecule has 0 atom stereocenters. The van der Waals surface area contributed by atoms with Gasteiger partial charge in [0.05, 0.1) is 24.8 Å². The molecule has 0 unspecified atom stereocenters. The Bertz CT molecular complexity index is 1200. The fourth-order valence-electron chi connectivity index (χ4n) is 4.51. The average Bonchev–Trinajstić information content (AvgIpc) is 3.33. The summed E-state index contributed by atoms with van der Waals surface area (Å²) in [7, 11) is 0. The number of piperidine rings is 1. The highest BCUT2D eigenvalue weighted by Crippen LogP contribution is 2.43. The number of hydrogen-bond acceptors (Lipinski definition) is 7. The van der Waals surface area contributed by atoms with Gasteiger partial charge in [-0.15, -0.1) is 0 Å². The number of alkyl halides is 5. The van der Waals surface area contributed by atoms with Crippen molar-refractivity contribution in [2.24, 2.45) is 5.41 Å². The van der Waals surface area contributed by atoms with E-state index in [0.717, 1.165) is 10.9 Å². The van der Waals surface area contributed by atoms with E-state index in [0.29, 0.717) is 50.0 Å². The molecule has 5 rings (SSSR count). The monoisotopic (exact) mass is 482 g/mol. The van der Waals surface area contributed by atoms with Crippen molar-refractivity contribution in [3.8, 4) is 0 Å². The first-order valence-electron chi connectivity index (χ1n) is 10.5. The molecule has 0 aliphatic carbocycles. The molecule has 9 nitrogen and oxygen atoms in total. The van der Waals surface area contributed by atoms with Gasteiger partial charge in [-0.3, -0.25) is 9.69 Å². The number of carbonyl (C=O) groups excluding carboxylic acids is 1. The molecule has 14 heteroatoms. The van der Waals surface area contributed by atoms with Gasteiger partial charge in [-0.25, -0.2) is 33.4 Å². The van der Waals surface area contributed by atoms with Gasteiger partial charge < -0.3 is 4.90 Å². The van der Waals surface area contributed by atoms with E-state index in [1.54, 1.807) is 6.20 Å². The highest BCUT2D eigenvalue weighted by Gasteiger charge is 2.46. The fourth-order valence-corrected chi connectivity index (χ4v) is 4.51. The molecule has 3 aromatic heterocycles. The lowest BCUT2D eigenvalue weighted by atomic mass is 9.77. The summed E-state index contributed by atoms with van der Waals surface area (Å²) in [6.45, 7) is 0.882. The van der Waals surface area contributed by atoms with Crippen LogP contribution in [0.5, 0.6) is 0 Å². The van der Waals surface area contributed by atoms with Gasteiger partial charge in [0.15, 0.2) is 17.2 Å². The third kappa shape index (κ3) is 4.12. The predicted octanol–water partition coefficient (Wildman–Crippen LogP) is 2.92. The number of hydrogen-bond donors (Lipinski definition) is 0. The molecule has 2 aliphatic heterocycles. The summed E-state index contributed by atoms with van der Waals surface area (Å²) in [5, 5.41) is 3.92. The zero-order valence-corrected chi connectivity index (χ0v) is 17.7. The molecule has 0 saturated carbocycles. The second-order valence-corrected chi connectivity index (χ2v) is 8.56. The maximum Gasteiger partial charge on any atom is 0.434 e. The number of aromatic nitrogens is 6. The van der Waals surface area contributed by atoms with E-state index in [2.05, 4.69) is 25.0 Å². The minimum Gasteiger partial charge on any atom is -0.355 e. The second kappa shape index (κ2) is 8.09. The number of fused-ring (bicyclic) bond motifs is 1. The Kier molecular flexibility index (Phi) is 5.32. The topological polar surface area (TPSA) is 92.9 Å². The highest BCUT2D eigenvalue weighted by atomic mass is 19.4. The number of anilines is 2. The van der Waals surface area contributed by atoms with Gasteiger partial charge in [0.2, 0.25) is 5.91 Å². The van der Waals surface area contributed by atoms with Gasteiger partial charge in [0.1, 0.15) is 17.9 Å². The standard InChI is InChI=1S/C20H19F5N8O/c21-14(22)10-33-18-12(6-29-33)26-9-16(30-18)31-3-1-19(2-4-31)5-17(34)32(11-19)15-8-27-13(7-28-15)20(23,24)25/h6-9,14H,1-5,10-11H2. The predicted molar refractivity (Wildman–Crippen MR) is 109 cm³/mol. The SMILES string of the molecule is O=C1CC2(CCN(c3cnc4cnn(CC(F)F)c4n3)CC2)CN1c1cnc(C(F)(F)F)cn1. The molecule has 5 heterocycles. The summed E-state index contributed by atoms with van der Waals surface area (Å²) in [5.74, 6) is 0.425. The van der Waals surface area contributed by atoms with Crippen molar-refractivity contribution in [2.45, 2.75) is 38.4 Å². The van der Waals surface area contributed by atoms with E-state index in [1.807, 2.05) is 4.90 Å². The normalized spacial score (nSPS) is 18.6. The molecule has 0 aromatic carbocycles. The maximum absolute atomic E-state index is 12.8. The van der Waals surface area contributed by atoms with Crippen LogP contribution in [-0.2, 0) is 17.5 Å². The summed E-state index contributed by atoms with van der Waals surface area (Å²) in [6.07, 6.45) is -1.07. The van der Waals surface area contributed by atoms with Crippen LogP contribution in [-0.4, -0.2) is 61.7 Å². The number of carbonyl (C=O) groups is 1. The van der Waals surface area contributed by atoms with Gasteiger partial charge in [0, 0.05) is 31.5 Å². The summed E-state index contributed by atoms with van der Waals surface area (Å²) < 4.78 is 65.0. The van der Waals surface area contributed by atoms with Crippen LogP contribution in [0.15, 0.2) is 24.8 Å². The van der Waals surface area contributed by atoms with E-state index in [1.165, 1.54) is 11.1 Å². The van der Waals surface area contributed by atoms with Crippen molar-refractivity contribution in [3.05, 3.63) is 30.5 Å². The molecule has 3 aromatic rings. The number of rotatable bonds is 4. The summed E-state index contributed by atoms with van der Waals surface area (Å²) in [5.41, 5.74) is -0.750. The molecule has 2 saturated heterocycles. The molecule has 0 N–H and O–H groups in total. The van der Waals surface area contributed by atoms with Crippen molar-refractivity contribution >= 4 is 28.7 Å². The average molecular weight is 482 g/mol. The third-order valence-corrected chi connectivity index (χ3v) is 6.32. The Morgan fingerprint density at radius 1 is 1.00 bits per heavy atom. The Morgan fingerprint density at radius 3 is 2.38 bits per heavy atom. The molecule has 2 aliphatic rings. The first kappa shape index (κ1) is 22.3. The van der Waals surface area contributed by atoms with Gasteiger partial charge >= 0.3 is 6.18 Å². The van der Waals surface area contributed by atoms with Crippen LogP contribution in [0.1, 0.15) is 25.0 Å². The van der Waals surface area contributed by atoms with E-state index in [9.17, 15) is 26.7 Å². The summed E-state index contributed by atoms with van der Waals surface area (Å²) in [4.78, 5) is 32.0. The molecule has 34 heavy (non-hydrogen) atoms. The lowest BCUT2D eigenvalue weighted by Gasteiger charge is -2.39. The van der Waals surface area contributed by atoms with Crippen LogP contribution in [0.3, 0.4) is 0 Å². The summed E-state index contributed by atoms with van der Waals surface area (Å²) in [6, 6.07) is 0. The van der Waals surface area contributed by atoms with E-state index < -0.39 is 24.8 Å². The van der Waals surface area contributed by atoms with Crippen molar-refractivity contribution in [2.75, 3.05) is 29.4 Å². The minimum atomic E-state index is -4.60. The van der Waals surface area contributed by atoms with Crippen LogP contribution in [0, 0.1) is 5.41 Å². The Morgan fingerprint density at radius 2 is 1.74 bits per heavy atom. The van der Waals surface area contributed by atoms with Crippen LogP contribution in [0.4, 0.5) is 33.6 Å². The van der Waals surface area contributed by atoms with Crippen molar-refractivity contribution in [3.63, 3.8) is 0 Å². The third-order valence-electron chi connectivity index (χ3n) is 6.32. The lowest BCUT2D eigenvalue weighted by Crippen LogP contribution is -2.42. The maximum atomic E-state index is 12.8. The Balaban J connectivity index is 1.28. The first-order valence-corrected chi connectivity index (χ1v) is 10.5. The molecule has 1 spiro atoms. The van der Waals surface area contributed by atoms with Crippen LogP contribution < -0.4 is 9.80 Å². The number of halogens is 5. The molecule has 0 radical (unpaired) electrons. The van der Waals surface area contributed by atoms with Crippen LogP contribution >= 0.6 is 0 Å². The lowest BCUT2D eigenvalue weighted by molar-refractivity contribution is -0.141. The molecule has 0 bridgehead atoms. The van der Waals surface area contributed by atoms with Gasteiger partial charge in [-0.2, -0.15) is 18.3 Å². The number of amides is 1. The van der Waals surface area contributed by atoms with E-state index in [4.69, 9.17) is 0 Å². The Labute approximate surface area is 189 Å². The van der Waals surface area contributed by atoms with Crippen molar-refractivity contribution in [1.29, 1.82) is 0 Å². The minimum absolute atomic E-state index is 0.0981. The second-order valence-electron chi connectivity index (χ2n) is 8.56. The molecular formula is C20H19F5N8O. The largest absolute Gasteiger partial charge is 0.434 e. The van der Waals surface area contributed by atoms with Crippen LogP contribution in [0.25, 0.3) is 11.2 Å². The zero-order chi connectivity index (χ0) is 24.1. The zero-order valence-electron chi connectivity index (χ0n) is 17.7. The molecule has 1 amide bonds. The number of nitrogens with zero attached hydrogens (tertiary/aromatic N) is 8. The van der Waals surface area contributed by atoms with Gasteiger partial charge in [-0.1, -0.05) is 0 Å². The summed E-state index contributed by atoms with van der Waals surface area (Å²) >= 11 is 0. The Hall–Kier alpha value is -3.45. The smallest absolute Gasteiger partial charge is 0.355 e. The van der Waals surface area contributed by atoms with Gasteiger partial charge in [0.25, 0.3) is 6.43 Å². The molecular weight excluding hydrogens is 463 g/mol. The highest BCUT2D eigenvalue weighted by molar-refractivity contribution is 5.95. The fraction of sp³-hybridized carbons (Fsp3) is 0.500.